The SMILES string of the molecule is Cc1ccc(S(=O)(=O)OCC2(C)COc3ccc(C)cc3O2)cc1. The summed E-state index contributed by atoms with van der Waals surface area (Å²) in [5.74, 6) is 1.25. The van der Waals surface area contributed by atoms with Gasteiger partial charge in [-0.25, -0.2) is 0 Å². The average Bonchev–Trinajstić information content (AvgIpc) is 2.53. The molecule has 0 bridgehead atoms. The van der Waals surface area contributed by atoms with E-state index in [1.807, 2.05) is 32.0 Å². The maximum absolute atomic E-state index is 12.3. The molecule has 0 N–H and O–H groups in total. The molecule has 2 aromatic carbocycles. The molecule has 1 unspecified atom stereocenters. The fraction of sp³-hybridized carbons (Fsp3) is 0.333. The van der Waals surface area contributed by atoms with E-state index in [4.69, 9.17) is 13.7 Å². The van der Waals surface area contributed by atoms with Gasteiger partial charge in [0.05, 0.1) is 4.90 Å². The van der Waals surface area contributed by atoms with Crippen LogP contribution in [-0.2, 0) is 14.3 Å². The normalized spacial score (nSPS) is 20.0. The largest absolute Gasteiger partial charge is 0.485 e. The van der Waals surface area contributed by atoms with E-state index in [2.05, 4.69) is 0 Å². The highest BCUT2D eigenvalue weighted by atomic mass is 32.2. The van der Waals surface area contributed by atoms with Gasteiger partial charge in [0.2, 0.25) is 0 Å². The Morgan fingerprint density at radius 2 is 1.71 bits per heavy atom. The van der Waals surface area contributed by atoms with Crippen molar-refractivity contribution < 1.29 is 22.1 Å². The Hall–Kier alpha value is -2.05. The second kappa shape index (κ2) is 6.11. The van der Waals surface area contributed by atoms with Crippen molar-refractivity contribution in [3.63, 3.8) is 0 Å². The van der Waals surface area contributed by atoms with E-state index in [1.54, 1.807) is 19.1 Å². The molecule has 0 spiro atoms. The molecule has 0 saturated heterocycles. The average molecular weight is 348 g/mol. The van der Waals surface area contributed by atoms with Gasteiger partial charge in [-0.05, 0) is 50.6 Å². The van der Waals surface area contributed by atoms with Gasteiger partial charge in [-0.2, -0.15) is 8.42 Å². The van der Waals surface area contributed by atoms with Crippen LogP contribution in [0.1, 0.15) is 18.1 Å². The molecule has 1 heterocycles. The Bertz CT molecular complexity index is 842. The molecule has 128 valence electrons. The highest BCUT2D eigenvalue weighted by Gasteiger charge is 2.35. The van der Waals surface area contributed by atoms with E-state index in [9.17, 15) is 8.42 Å². The number of ether oxygens (including phenoxy) is 2. The number of fused-ring (bicyclic) bond motifs is 1. The van der Waals surface area contributed by atoms with Crippen molar-refractivity contribution in [2.45, 2.75) is 31.3 Å². The minimum absolute atomic E-state index is 0.128. The monoisotopic (exact) mass is 348 g/mol. The summed E-state index contributed by atoms with van der Waals surface area (Å²) in [6.45, 7) is 5.70. The summed E-state index contributed by atoms with van der Waals surface area (Å²) in [5.41, 5.74) is 1.14. The van der Waals surface area contributed by atoms with Crippen molar-refractivity contribution in [1.82, 2.24) is 0 Å². The Balaban J connectivity index is 1.73. The fourth-order valence-electron chi connectivity index (χ4n) is 2.39. The molecule has 3 rings (SSSR count). The lowest BCUT2D eigenvalue weighted by Crippen LogP contribution is -2.46. The molecular weight excluding hydrogens is 328 g/mol. The van der Waals surface area contributed by atoms with Crippen molar-refractivity contribution in [3.8, 4) is 11.5 Å². The van der Waals surface area contributed by atoms with Gasteiger partial charge in [-0.1, -0.05) is 23.8 Å². The lowest BCUT2D eigenvalue weighted by atomic mass is 10.1. The highest BCUT2D eigenvalue weighted by molar-refractivity contribution is 7.86. The Morgan fingerprint density at radius 3 is 2.42 bits per heavy atom. The topological polar surface area (TPSA) is 61.8 Å². The highest BCUT2D eigenvalue weighted by Crippen LogP contribution is 2.36. The molecule has 1 aliphatic rings. The molecule has 5 nitrogen and oxygen atoms in total. The van der Waals surface area contributed by atoms with Gasteiger partial charge in [0.1, 0.15) is 13.2 Å². The van der Waals surface area contributed by atoms with Crippen LogP contribution in [0, 0.1) is 13.8 Å². The van der Waals surface area contributed by atoms with Gasteiger partial charge in [-0.15, -0.1) is 0 Å². The summed E-state index contributed by atoms with van der Waals surface area (Å²) < 4.78 is 41.4. The molecule has 1 atom stereocenters. The first-order valence-electron chi connectivity index (χ1n) is 7.66. The van der Waals surface area contributed by atoms with Crippen molar-refractivity contribution in [3.05, 3.63) is 53.6 Å². The van der Waals surface area contributed by atoms with E-state index in [0.717, 1.165) is 11.1 Å². The van der Waals surface area contributed by atoms with Gasteiger partial charge in [-0.3, -0.25) is 4.18 Å². The van der Waals surface area contributed by atoms with Crippen LogP contribution >= 0.6 is 0 Å². The van der Waals surface area contributed by atoms with Crippen LogP contribution < -0.4 is 9.47 Å². The molecule has 0 fully saturated rings. The molecule has 6 heteroatoms. The Labute approximate surface area is 142 Å². The molecule has 1 aliphatic heterocycles. The van der Waals surface area contributed by atoms with Crippen LogP contribution in [-0.4, -0.2) is 27.2 Å². The number of aryl methyl sites for hydroxylation is 2. The minimum Gasteiger partial charge on any atom is -0.485 e. The van der Waals surface area contributed by atoms with Crippen LogP contribution in [0.25, 0.3) is 0 Å². The summed E-state index contributed by atoms with van der Waals surface area (Å²) in [7, 11) is -3.84. The van der Waals surface area contributed by atoms with Gasteiger partial charge < -0.3 is 9.47 Å². The molecule has 0 radical (unpaired) electrons. The van der Waals surface area contributed by atoms with Crippen molar-refractivity contribution in [2.75, 3.05) is 13.2 Å². The first kappa shape index (κ1) is 16.8. The van der Waals surface area contributed by atoms with E-state index in [-0.39, 0.29) is 18.1 Å². The van der Waals surface area contributed by atoms with Crippen LogP contribution in [0.2, 0.25) is 0 Å². The smallest absolute Gasteiger partial charge is 0.297 e. The Morgan fingerprint density at radius 1 is 1.04 bits per heavy atom. The quantitative estimate of drug-likeness (QED) is 0.794. The van der Waals surface area contributed by atoms with Crippen LogP contribution in [0.3, 0.4) is 0 Å². The van der Waals surface area contributed by atoms with Gasteiger partial charge >= 0.3 is 0 Å². The van der Waals surface area contributed by atoms with Gasteiger partial charge in [0.15, 0.2) is 17.1 Å². The third-order valence-corrected chi connectivity index (χ3v) is 5.10. The first-order chi connectivity index (χ1) is 11.3. The standard InChI is InChI=1S/C18H20O5S/c1-13-4-7-15(8-5-13)24(19,20)22-12-18(3)11-21-16-9-6-14(2)10-17(16)23-18/h4-10H,11-12H2,1-3H3. The summed E-state index contributed by atoms with van der Waals surface area (Å²) in [6.07, 6.45) is 0. The second-order valence-corrected chi connectivity index (χ2v) is 7.94. The third-order valence-electron chi connectivity index (χ3n) is 3.82. The predicted molar refractivity (Wildman–Crippen MR) is 90.0 cm³/mol. The van der Waals surface area contributed by atoms with Crippen LogP contribution in [0.4, 0.5) is 0 Å². The molecule has 0 aromatic heterocycles. The Kier molecular flexibility index (Phi) is 4.27. The van der Waals surface area contributed by atoms with Crippen LogP contribution in [0.5, 0.6) is 11.5 Å². The second-order valence-electron chi connectivity index (χ2n) is 6.32. The number of benzene rings is 2. The molecule has 0 saturated carbocycles. The van der Waals surface area contributed by atoms with Crippen molar-refractivity contribution in [2.24, 2.45) is 0 Å². The maximum Gasteiger partial charge on any atom is 0.297 e. The van der Waals surface area contributed by atoms with Crippen molar-refractivity contribution in [1.29, 1.82) is 0 Å². The van der Waals surface area contributed by atoms with E-state index in [1.165, 1.54) is 12.1 Å². The summed E-state index contributed by atoms with van der Waals surface area (Å²) in [5, 5.41) is 0. The van der Waals surface area contributed by atoms with E-state index < -0.39 is 15.7 Å². The van der Waals surface area contributed by atoms with E-state index in [0.29, 0.717) is 11.5 Å². The maximum atomic E-state index is 12.3. The number of hydrogen-bond acceptors (Lipinski definition) is 5. The van der Waals surface area contributed by atoms with Crippen molar-refractivity contribution >= 4 is 10.1 Å². The molecule has 24 heavy (non-hydrogen) atoms. The van der Waals surface area contributed by atoms with E-state index >= 15 is 0 Å². The zero-order valence-electron chi connectivity index (χ0n) is 13.9. The minimum atomic E-state index is -3.84. The number of hydrogen-bond donors (Lipinski definition) is 0. The summed E-state index contributed by atoms with van der Waals surface area (Å²) in [4.78, 5) is 0.129. The zero-order chi connectivity index (χ0) is 17.4. The molecule has 0 aliphatic carbocycles. The lowest BCUT2D eigenvalue weighted by molar-refractivity contribution is -0.0250. The zero-order valence-corrected chi connectivity index (χ0v) is 14.7. The van der Waals surface area contributed by atoms with Crippen LogP contribution in [0.15, 0.2) is 47.4 Å². The molecule has 2 aromatic rings. The lowest BCUT2D eigenvalue weighted by Gasteiger charge is -2.35. The predicted octanol–water partition coefficient (Wildman–Crippen LogP) is 3.24. The number of rotatable bonds is 4. The molecule has 0 amide bonds. The first-order valence-corrected chi connectivity index (χ1v) is 9.07. The van der Waals surface area contributed by atoms with Gasteiger partial charge in [0.25, 0.3) is 10.1 Å². The summed E-state index contributed by atoms with van der Waals surface area (Å²) in [6, 6.07) is 12.2. The third kappa shape index (κ3) is 3.55. The molecular formula is C18H20O5S. The summed E-state index contributed by atoms with van der Waals surface area (Å²) >= 11 is 0. The fourth-order valence-corrected chi connectivity index (χ4v) is 3.40. The van der Waals surface area contributed by atoms with Gasteiger partial charge in [0, 0.05) is 0 Å².